The molecule has 0 saturated carbocycles. The molecular formula is C31H37O8. The lowest BCUT2D eigenvalue weighted by atomic mass is 9.98. The van der Waals surface area contributed by atoms with Gasteiger partial charge >= 0.3 is 0 Å². The quantitative estimate of drug-likeness (QED) is 0.303. The van der Waals surface area contributed by atoms with Gasteiger partial charge in [0.2, 0.25) is 0 Å². The summed E-state index contributed by atoms with van der Waals surface area (Å²) in [7, 11) is 6.50. The molecule has 1 aliphatic rings. The average molecular weight is 538 g/mol. The Hall–Kier alpha value is -3.14. The first-order valence-corrected chi connectivity index (χ1v) is 12.8. The van der Waals surface area contributed by atoms with Gasteiger partial charge in [-0.15, -0.1) is 0 Å². The summed E-state index contributed by atoms with van der Waals surface area (Å²) < 4.78 is 46.8. The van der Waals surface area contributed by atoms with E-state index >= 15 is 0 Å². The van der Waals surface area contributed by atoms with Crippen molar-refractivity contribution >= 4 is 0 Å². The third-order valence-electron chi connectivity index (χ3n) is 6.63. The lowest BCUT2D eigenvalue weighted by Gasteiger charge is -2.44. The molecule has 1 heterocycles. The molecule has 0 aromatic heterocycles. The number of methoxy groups -OCH3 is 4. The highest BCUT2D eigenvalue weighted by Gasteiger charge is 2.47. The Bertz CT molecular complexity index is 1120. The molecule has 1 aliphatic heterocycles. The van der Waals surface area contributed by atoms with Crippen LogP contribution in [0.25, 0.3) is 0 Å². The Balaban J connectivity index is 1.53. The van der Waals surface area contributed by atoms with Gasteiger partial charge in [0.15, 0.2) is 6.29 Å². The summed E-state index contributed by atoms with van der Waals surface area (Å²) in [4.78, 5) is 0. The zero-order valence-corrected chi connectivity index (χ0v) is 22.9. The maximum absolute atomic E-state index is 6.49. The lowest BCUT2D eigenvalue weighted by Crippen LogP contribution is -2.59. The molecule has 4 rings (SSSR count). The molecular weight excluding hydrogens is 500 g/mol. The minimum atomic E-state index is -0.688. The van der Waals surface area contributed by atoms with Crippen LogP contribution in [0.4, 0.5) is 0 Å². The first-order valence-electron chi connectivity index (χ1n) is 12.8. The third-order valence-corrected chi connectivity index (χ3v) is 6.63. The Labute approximate surface area is 230 Å². The van der Waals surface area contributed by atoms with Crippen LogP contribution in [0.15, 0.2) is 72.8 Å². The summed E-state index contributed by atoms with van der Waals surface area (Å²) >= 11 is 0. The molecule has 8 nitrogen and oxygen atoms in total. The van der Waals surface area contributed by atoms with E-state index in [9.17, 15) is 0 Å². The molecule has 3 aromatic carbocycles. The van der Waals surface area contributed by atoms with Gasteiger partial charge in [-0.25, -0.2) is 0 Å². The fourth-order valence-electron chi connectivity index (χ4n) is 4.38. The van der Waals surface area contributed by atoms with Crippen molar-refractivity contribution in [2.45, 2.75) is 50.5 Å². The van der Waals surface area contributed by atoms with Crippen molar-refractivity contribution in [2.75, 3.05) is 28.4 Å². The Kier molecular flexibility index (Phi) is 10.6. The molecule has 0 bridgehead atoms. The highest BCUT2D eigenvalue weighted by atomic mass is 16.7. The van der Waals surface area contributed by atoms with Crippen molar-refractivity contribution in [3.63, 3.8) is 0 Å². The van der Waals surface area contributed by atoms with Crippen LogP contribution in [0.1, 0.15) is 16.7 Å². The lowest BCUT2D eigenvalue weighted by molar-refractivity contribution is -0.310. The standard InChI is InChI=1S/C31H37O8/c1-21-28(36-18-22-6-12-25(32-2)13-7-22)29(37-19-23-8-14-26(33-3)15-9-23)30(31(35-5)39-21)38-20-24-10-16-27(34-4)17-11-24/h6-17,21,28-31H,1,18-20H2,2-5H3. The summed E-state index contributed by atoms with van der Waals surface area (Å²) in [5.74, 6) is 2.34. The number of hydrogen-bond donors (Lipinski definition) is 0. The third kappa shape index (κ3) is 7.71. The van der Waals surface area contributed by atoms with Gasteiger partial charge < -0.3 is 37.9 Å². The van der Waals surface area contributed by atoms with Crippen molar-refractivity contribution in [2.24, 2.45) is 0 Å². The zero-order chi connectivity index (χ0) is 27.6. The molecule has 0 spiro atoms. The highest BCUT2D eigenvalue weighted by molar-refractivity contribution is 5.28. The second-order valence-electron chi connectivity index (χ2n) is 9.15. The minimum absolute atomic E-state index is 0.327. The second kappa shape index (κ2) is 14.3. The highest BCUT2D eigenvalue weighted by Crippen LogP contribution is 2.31. The zero-order valence-electron chi connectivity index (χ0n) is 22.9. The second-order valence-corrected chi connectivity index (χ2v) is 9.15. The van der Waals surface area contributed by atoms with E-state index in [0.717, 1.165) is 33.9 Å². The monoisotopic (exact) mass is 537 g/mol. The first kappa shape index (κ1) is 28.9. The molecule has 8 heteroatoms. The van der Waals surface area contributed by atoms with Crippen LogP contribution in [0.5, 0.6) is 17.2 Å². The first-order chi connectivity index (χ1) is 19.0. The van der Waals surface area contributed by atoms with Crippen LogP contribution in [0.3, 0.4) is 0 Å². The van der Waals surface area contributed by atoms with Crippen LogP contribution in [0, 0.1) is 6.92 Å². The van der Waals surface area contributed by atoms with Crippen molar-refractivity contribution < 1.29 is 37.9 Å². The SMILES string of the molecule is [CH2]C1OC(OC)C(OCc2ccc(OC)cc2)C(OCc2ccc(OC)cc2)C1OCc1ccc(OC)cc1. The summed E-state index contributed by atoms with van der Waals surface area (Å²) in [5, 5.41) is 0. The van der Waals surface area contributed by atoms with E-state index in [1.807, 2.05) is 72.8 Å². The predicted octanol–water partition coefficient (Wildman–Crippen LogP) is 4.97. The van der Waals surface area contributed by atoms with E-state index in [1.54, 1.807) is 28.4 Å². The predicted molar refractivity (Wildman–Crippen MR) is 146 cm³/mol. The maximum atomic E-state index is 6.49. The van der Waals surface area contributed by atoms with E-state index in [4.69, 9.17) is 37.9 Å². The average Bonchev–Trinajstić information content (AvgIpc) is 2.99. The Morgan fingerprint density at radius 3 is 1.26 bits per heavy atom. The largest absolute Gasteiger partial charge is 0.497 e. The molecule has 1 fully saturated rings. The molecule has 1 radical (unpaired) electrons. The number of ether oxygens (including phenoxy) is 8. The molecule has 0 aliphatic carbocycles. The van der Waals surface area contributed by atoms with Gasteiger partial charge in [0.25, 0.3) is 0 Å². The fraction of sp³-hybridized carbons (Fsp3) is 0.387. The molecule has 0 N–H and O–H groups in total. The van der Waals surface area contributed by atoms with E-state index in [2.05, 4.69) is 6.92 Å². The summed E-state index contributed by atoms with van der Waals surface area (Å²) in [6.45, 7) is 5.21. The molecule has 5 atom stereocenters. The van der Waals surface area contributed by atoms with Crippen LogP contribution >= 0.6 is 0 Å². The van der Waals surface area contributed by atoms with Crippen LogP contribution in [0.2, 0.25) is 0 Å². The van der Waals surface area contributed by atoms with Crippen LogP contribution in [-0.2, 0) is 43.5 Å². The van der Waals surface area contributed by atoms with Gasteiger partial charge in [0.1, 0.15) is 35.6 Å². The molecule has 209 valence electrons. The molecule has 0 amide bonds. The molecule has 3 aromatic rings. The molecule has 1 saturated heterocycles. The summed E-state index contributed by atoms with van der Waals surface area (Å²) in [5.41, 5.74) is 2.95. The van der Waals surface area contributed by atoms with Gasteiger partial charge in [-0.05, 0) is 60.0 Å². The molecule has 39 heavy (non-hydrogen) atoms. The van der Waals surface area contributed by atoms with E-state index in [-0.39, 0.29) is 0 Å². The smallest absolute Gasteiger partial charge is 0.186 e. The van der Waals surface area contributed by atoms with Gasteiger partial charge in [0.05, 0.1) is 47.3 Å². The van der Waals surface area contributed by atoms with E-state index in [1.165, 1.54) is 0 Å². The normalized spacial score (nSPS) is 22.8. The van der Waals surface area contributed by atoms with Gasteiger partial charge in [-0.3, -0.25) is 0 Å². The van der Waals surface area contributed by atoms with Gasteiger partial charge in [-0.1, -0.05) is 36.4 Å². The van der Waals surface area contributed by atoms with E-state index in [0.29, 0.717) is 19.8 Å². The maximum Gasteiger partial charge on any atom is 0.186 e. The van der Waals surface area contributed by atoms with Crippen molar-refractivity contribution in [1.82, 2.24) is 0 Å². The summed E-state index contributed by atoms with van der Waals surface area (Å²) in [6, 6.07) is 23.2. The topological polar surface area (TPSA) is 73.8 Å². The Morgan fingerprint density at radius 2 is 0.897 bits per heavy atom. The van der Waals surface area contributed by atoms with Crippen LogP contribution < -0.4 is 14.2 Å². The van der Waals surface area contributed by atoms with E-state index < -0.39 is 30.7 Å². The summed E-state index contributed by atoms with van der Waals surface area (Å²) in [6.07, 6.45) is -2.85. The van der Waals surface area contributed by atoms with Crippen molar-refractivity contribution in [3.8, 4) is 17.2 Å². The fourth-order valence-corrected chi connectivity index (χ4v) is 4.38. The minimum Gasteiger partial charge on any atom is -0.497 e. The van der Waals surface area contributed by atoms with Crippen LogP contribution in [-0.4, -0.2) is 59.1 Å². The molecule has 5 unspecified atom stereocenters. The number of benzene rings is 3. The number of rotatable bonds is 13. The number of hydrogen-bond acceptors (Lipinski definition) is 8. The van der Waals surface area contributed by atoms with Gasteiger partial charge in [-0.2, -0.15) is 0 Å². The van der Waals surface area contributed by atoms with Crippen molar-refractivity contribution in [3.05, 3.63) is 96.4 Å². The Morgan fingerprint density at radius 1 is 0.538 bits per heavy atom. The van der Waals surface area contributed by atoms with Gasteiger partial charge in [0, 0.05) is 7.11 Å². The van der Waals surface area contributed by atoms with Crippen molar-refractivity contribution in [1.29, 1.82) is 0 Å².